The van der Waals surface area contributed by atoms with Crippen molar-refractivity contribution < 1.29 is 9.52 Å². The van der Waals surface area contributed by atoms with E-state index in [0.29, 0.717) is 24.3 Å². The van der Waals surface area contributed by atoms with Gasteiger partial charge in [0.1, 0.15) is 11.9 Å². The number of aliphatic hydroxyl groups is 1. The zero-order valence-corrected chi connectivity index (χ0v) is 11.4. The number of hydrogen-bond acceptors (Lipinski definition) is 3. The van der Waals surface area contributed by atoms with Gasteiger partial charge in [-0.25, -0.2) is 0 Å². The van der Waals surface area contributed by atoms with Crippen LogP contribution in [0.3, 0.4) is 0 Å². The van der Waals surface area contributed by atoms with Crippen molar-refractivity contribution in [1.29, 1.82) is 0 Å². The van der Waals surface area contributed by atoms with Gasteiger partial charge < -0.3 is 14.8 Å². The Morgan fingerprint density at radius 3 is 2.83 bits per heavy atom. The molecule has 3 nitrogen and oxygen atoms in total. The normalized spacial score (nSPS) is 20.6. The maximum absolute atomic E-state index is 10.0. The van der Waals surface area contributed by atoms with Crippen molar-refractivity contribution in [3.8, 4) is 0 Å². The quantitative estimate of drug-likeness (QED) is 0.745. The number of furan rings is 1. The lowest BCUT2D eigenvalue weighted by Gasteiger charge is -2.24. The van der Waals surface area contributed by atoms with Crippen LogP contribution in [-0.4, -0.2) is 17.2 Å². The molecule has 1 aliphatic rings. The molecule has 3 unspecified atom stereocenters. The van der Waals surface area contributed by atoms with Crippen molar-refractivity contribution in [3.05, 3.63) is 24.2 Å². The molecule has 1 aromatic heterocycles. The first-order chi connectivity index (χ1) is 8.70. The van der Waals surface area contributed by atoms with Gasteiger partial charge in [0.15, 0.2) is 0 Å². The largest absolute Gasteiger partial charge is 0.467 e. The summed E-state index contributed by atoms with van der Waals surface area (Å²) in [5.74, 6) is 1.54. The van der Waals surface area contributed by atoms with E-state index in [4.69, 9.17) is 4.42 Å². The summed E-state index contributed by atoms with van der Waals surface area (Å²) in [4.78, 5) is 0. The minimum atomic E-state index is -0.496. The Labute approximate surface area is 110 Å². The second-order valence-corrected chi connectivity index (χ2v) is 5.57. The third-order valence-electron chi connectivity index (χ3n) is 3.74. The first-order valence-electron chi connectivity index (χ1n) is 7.18. The molecule has 102 valence electrons. The Bertz CT molecular complexity index is 332. The van der Waals surface area contributed by atoms with E-state index in [-0.39, 0.29) is 0 Å². The van der Waals surface area contributed by atoms with Crippen molar-refractivity contribution in [2.45, 2.75) is 64.1 Å². The van der Waals surface area contributed by atoms with Gasteiger partial charge in [-0.3, -0.25) is 0 Å². The average Bonchev–Trinajstić information content (AvgIpc) is 3.03. The molecule has 1 saturated carbocycles. The van der Waals surface area contributed by atoms with E-state index in [1.54, 1.807) is 6.26 Å². The molecule has 0 bridgehead atoms. The van der Waals surface area contributed by atoms with Gasteiger partial charge in [-0.15, -0.1) is 0 Å². The lowest BCUT2D eigenvalue weighted by Crippen LogP contribution is -2.38. The van der Waals surface area contributed by atoms with Crippen LogP contribution in [-0.2, 0) is 0 Å². The van der Waals surface area contributed by atoms with Crippen LogP contribution in [0, 0.1) is 5.92 Å². The van der Waals surface area contributed by atoms with E-state index in [9.17, 15) is 5.11 Å². The van der Waals surface area contributed by atoms with Gasteiger partial charge in [0.2, 0.25) is 0 Å². The summed E-state index contributed by atoms with van der Waals surface area (Å²) in [6, 6.07) is 4.61. The molecule has 3 heteroatoms. The maximum atomic E-state index is 10.0. The number of nitrogens with one attached hydrogen (secondary N) is 1. The first-order valence-corrected chi connectivity index (χ1v) is 7.18. The lowest BCUT2D eigenvalue weighted by molar-refractivity contribution is 0.125. The Morgan fingerprint density at radius 1 is 1.50 bits per heavy atom. The number of aliphatic hydroxyl groups excluding tert-OH is 1. The Hall–Kier alpha value is -0.800. The second kappa shape index (κ2) is 6.39. The predicted octanol–water partition coefficient (Wildman–Crippen LogP) is 3.26. The fourth-order valence-electron chi connectivity index (χ4n) is 2.63. The predicted molar refractivity (Wildman–Crippen MR) is 72.3 cm³/mol. The summed E-state index contributed by atoms with van der Waals surface area (Å²) in [5, 5.41) is 13.7. The topological polar surface area (TPSA) is 45.4 Å². The molecule has 0 saturated heterocycles. The SMILES string of the molecule is CCCC(NC(C)CC(O)c1ccco1)C1CC1. The Kier molecular flexibility index (Phi) is 4.84. The smallest absolute Gasteiger partial charge is 0.132 e. The van der Waals surface area contributed by atoms with Crippen LogP contribution in [0.25, 0.3) is 0 Å². The lowest BCUT2D eigenvalue weighted by atomic mass is 10.0. The molecular formula is C15H25NO2. The minimum Gasteiger partial charge on any atom is -0.467 e. The third-order valence-corrected chi connectivity index (χ3v) is 3.74. The fourth-order valence-corrected chi connectivity index (χ4v) is 2.63. The molecule has 0 aliphatic heterocycles. The Balaban J connectivity index is 1.78. The van der Waals surface area contributed by atoms with Gasteiger partial charge in [-0.05, 0) is 50.7 Å². The summed E-state index contributed by atoms with van der Waals surface area (Å²) >= 11 is 0. The van der Waals surface area contributed by atoms with Crippen LogP contribution in [0.15, 0.2) is 22.8 Å². The molecule has 1 heterocycles. The monoisotopic (exact) mass is 251 g/mol. The van der Waals surface area contributed by atoms with E-state index in [1.807, 2.05) is 12.1 Å². The van der Waals surface area contributed by atoms with Crippen molar-refractivity contribution in [2.24, 2.45) is 5.92 Å². The van der Waals surface area contributed by atoms with Crippen molar-refractivity contribution >= 4 is 0 Å². The average molecular weight is 251 g/mol. The molecule has 2 N–H and O–H groups in total. The zero-order chi connectivity index (χ0) is 13.0. The highest BCUT2D eigenvalue weighted by Gasteiger charge is 2.31. The first kappa shape index (κ1) is 13.6. The molecule has 0 spiro atoms. The van der Waals surface area contributed by atoms with Gasteiger partial charge in [0.05, 0.1) is 6.26 Å². The fraction of sp³-hybridized carbons (Fsp3) is 0.733. The molecule has 3 atom stereocenters. The molecule has 18 heavy (non-hydrogen) atoms. The van der Waals surface area contributed by atoms with Gasteiger partial charge in [-0.1, -0.05) is 13.3 Å². The summed E-state index contributed by atoms with van der Waals surface area (Å²) in [6.45, 7) is 4.39. The third kappa shape index (κ3) is 3.85. The van der Waals surface area contributed by atoms with E-state index >= 15 is 0 Å². The summed E-state index contributed by atoms with van der Waals surface area (Å²) in [6.07, 6.45) is 7.02. The molecule has 2 rings (SSSR count). The van der Waals surface area contributed by atoms with E-state index in [0.717, 1.165) is 5.92 Å². The summed E-state index contributed by atoms with van der Waals surface area (Å²) in [7, 11) is 0. The molecule has 0 amide bonds. The summed E-state index contributed by atoms with van der Waals surface area (Å²) in [5.41, 5.74) is 0. The van der Waals surface area contributed by atoms with Gasteiger partial charge in [0, 0.05) is 12.1 Å². The van der Waals surface area contributed by atoms with E-state index < -0.39 is 6.10 Å². The molecular weight excluding hydrogens is 226 g/mol. The van der Waals surface area contributed by atoms with Crippen LogP contribution in [0.1, 0.15) is 57.8 Å². The summed E-state index contributed by atoms with van der Waals surface area (Å²) < 4.78 is 5.23. The van der Waals surface area contributed by atoms with Crippen molar-refractivity contribution in [3.63, 3.8) is 0 Å². The van der Waals surface area contributed by atoms with Crippen molar-refractivity contribution in [2.75, 3.05) is 0 Å². The van der Waals surface area contributed by atoms with Crippen LogP contribution in [0.4, 0.5) is 0 Å². The highest BCUT2D eigenvalue weighted by atomic mass is 16.4. The van der Waals surface area contributed by atoms with Crippen LogP contribution in [0.2, 0.25) is 0 Å². The molecule has 1 aliphatic carbocycles. The number of hydrogen-bond donors (Lipinski definition) is 2. The van der Waals surface area contributed by atoms with E-state index in [2.05, 4.69) is 19.2 Å². The van der Waals surface area contributed by atoms with Crippen LogP contribution < -0.4 is 5.32 Å². The van der Waals surface area contributed by atoms with Gasteiger partial charge in [0.25, 0.3) is 0 Å². The highest BCUT2D eigenvalue weighted by Crippen LogP contribution is 2.35. The molecule has 0 radical (unpaired) electrons. The molecule has 1 fully saturated rings. The van der Waals surface area contributed by atoms with Crippen LogP contribution in [0.5, 0.6) is 0 Å². The molecule has 1 aromatic rings. The van der Waals surface area contributed by atoms with Crippen molar-refractivity contribution in [1.82, 2.24) is 5.32 Å². The minimum absolute atomic E-state index is 0.322. The van der Waals surface area contributed by atoms with Gasteiger partial charge >= 0.3 is 0 Å². The Morgan fingerprint density at radius 2 is 2.28 bits per heavy atom. The standard InChI is InChI=1S/C15H25NO2/c1-3-5-13(12-7-8-12)16-11(2)10-14(17)15-6-4-9-18-15/h4,6,9,11-14,16-17H,3,5,7-8,10H2,1-2H3. The molecule has 0 aromatic carbocycles. The van der Waals surface area contributed by atoms with E-state index in [1.165, 1.54) is 25.7 Å². The number of rotatable bonds is 8. The highest BCUT2D eigenvalue weighted by molar-refractivity contribution is 5.02. The maximum Gasteiger partial charge on any atom is 0.132 e. The zero-order valence-electron chi connectivity index (χ0n) is 11.4. The van der Waals surface area contributed by atoms with Gasteiger partial charge in [-0.2, -0.15) is 0 Å². The second-order valence-electron chi connectivity index (χ2n) is 5.57. The van der Waals surface area contributed by atoms with Crippen LogP contribution >= 0.6 is 0 Å².